The predicted octanol–water partition coefficient (Wildman–Crippen LogP) is 14.9. The van der Waals surface area contributed by atoms with Gasteiger partial charge in [0.25, 0.3) is 0 Å². The first-order valence-electron chi connectivity index (χ1n) is 21.8. The minimum Gasteiger partial charge on any atom is -0.509 e. The molecule has 10 rings (SSSR count). The van der Waals surface area contributed by atoms with Gasteiger partial charge in [-0.05, 0) is 75.5 Å². The molecule has 3 heterocycles. The summed E-state index contributed by atoms with van der Waals surface area (Å²) in [7, 11) is 0. The van der Waals surface area contributed by atoms with Crippen molar-refractivity contribution in [1.29, 1.82) is 0 Å². The molecular formula is C58H51N4OPt-3. The fourth-order valence-corrected chi connectivity index (χ4v) is 8.96. The minimum absolute atomic E-state index is 0. The van der Waals surface area contributed by atoms with Crippen LogP contribution >= 0.6 is 0 Å². The summed E-state index contributed by atoms with van der Waals surface area (Å²) in [6.07, 6.45) is 1.92. The van der Waals surface area contributed by atoms with Gasteiger partial charge in [-0.2, -0.15) is 6.07 Å². The average Bonchev–Trinajstić information content (AvgIpc) is 3.85. The first-order chi connectivity index (χ1) is 30.4. The van der Waals surface area contributed by atoms with Crippen LogP contribution in [-0.4, -0.2) is 9.55 Å². The average molecular weight is 1020 g/mol. The van der Waals surface area contributed by atoms with Crippen LogP contribution in [0.1, 0.15) is 76.3 Å². The van der Waals surface area contributed by atoms with Gasteiger partial charge in [0.1, 0.15) is 5.82 Å². The number of benzene rings is 7. The molecule has 0 saturated heterocycles. The standard InChI is InChI=1S/C58H51N4O.Pt/c1-56(2,3)44-34-46(61-39-60(52-27-16-17-28-53(52)61)45-24-18-23-42(33-45)57(4,5)40-19-10-8-11-20-40)37-48(35-44)63-47-29-30-50-49-25-14-15-26-51(49)62(54(50)38-47)55-36-43(31-32-59-55)58(6,7)41-21-12-9-13-22-41;/h8-36,39H,1-7H3;/q-3;. The zero-order valence-electron chi connectivity index (χ0n) is 37.3. The molecule has 0 fully saturated rings. The molecule has 5 nitrogen and oxygen atoms in total. The van der Waals surface area contributed by atoms with E-state index in [-0.39, 0.29) is 37.3 Å². The third-order valence-electron chi connectivity index (χ3n) is 12.9. The van der Waals surface area contributed by atoms with E-state index in [0.717, 1.165) is 55.9 Å². The summed E-state index contributed by atoms with van der Waals surface area (Å²) in [6, 6.07) is 67.5. The molecule has 0 unspecified atom stereocenters. The van der Waals surface area contributed by atoms with Gasteiger partial charge in [-0.3, -0.25) is 0 Å². The maximum atomic E-state index is 6.84. The van der Waals surface area contributed by atoms with E-state index in [1.165, 1.54) is 22.3 Å². The number of anilines is 4. The molecule has 1 aliphatic heterocycles. The van der Waals surface area contributed by atoms with Gasteiger partial charge in [-0.1, -0.05) is 157 Å². The Kier molecular flexibility index (Phi) is 11.1. The summed E-state index contributed by atoms with van der Waals surface area (Å²) in [5.41, 5.74) is 11.7. The third kappa shape index (κ3) is 7.71. The molecule has 0 atom stereocenters. The molecular weight excluding hydrogens is 964 g/mol. The number of hydrogen-bond donors (Lipinski definition) is 0. The molecule has 1 aliphatic rings. The van der Waals surface area contributed by atoms with Gasteiger partial charge in [0.05, 0.1) is 0 Å². The van der Waals surface area contributed by atoms with Crippen LogP contribution in [0.4, 0.5) is 22.7 Å². The van der Waals surface area contributed by atoms with Gasteiger partial charge < -0.3 is 19.1 Å². The number of para-hydroxylation sites is 3. The normalized spacial score (nSPS) is 13.0. The molecule has 0 saturated carbocycles. The molecule has 0 amide bonds. The van der Waals surface area contributed by atoms with Gasteiger partial charge in [0, 0.05) is 72.2 Å². The maximum Gasteiger partial charge on any atom is 0.135 e. The van der Waals surface area contributed by atoms with E-state index in [9.17, 15) is 0 Å². The van der Waals surface area contributed by atoms with Crippen LogP contribution in [-0.2, 0) is 37.3 Å². The van der Waals surface area contributed by atoms with Gasteiger partial charge in [0.2, 0.25) is 0 Å². The SMILES string of the molecule is CC(C)(C)c1cc(Oc2[c-]c3c(cc2)c2ccccc2n3-c2cc(C(C)(C)c3ccccc3)ccn2)[c-]c(N2[CH-]N(c3cccc(C(C)(C)c4ccccc4)c3)c3ccccc32)c1.[Pt]. The van der Waals surface area contributed by atoms with E-state index in [0.29, 0.717) is 11.5 Å². The zero-order chi connectivity index (χ0) is 43.5. The summed E-state index contributed by atoms with van der Waals surface area (Å²) >= 11 is 0. The number of hydrogen-bond acceptors (Lipinski definition) is 4. The fourth-order valence-electron chi connectivity index (χ4n) is 8.96. The Morgan fingerprint density at radius 1 is 0.500 bits per heavy atom. The Morgan fingerprint density at radius 3 is 1.80 bits per heavy atom. The van der Waals surface area contributed by atoms with Crippen molar-refractivity contribution in [2.24, 2.45) is 0 Å². The molecule has 0 N–H and O–H groups in total. The number of pyridine rings is 1. The molecule has 0 spiro atoms. The summed E-state index contributed by atoms with van der Waals surface area (Å²) in [4.78, 5) is 9.47. The van der Waals surface area contributed by atoms with Crippen molar-refractivity contribution in [3.63, 3.8) is 0 Å². The first kappa shape index (κ1) is 42.9. The number of ether oxygens (including phenoxy) is 1. The van der Waals surface area contributed by atoms with Crippen molar-refractivity contribution in [2.45, 2.75) is 64.7 Å². The zero-order valence-corrected chi connectivity index (χ0v) is 39.6. The van der Waals surface area contributed by atoms with Crippen LogP contribution in [0.3, 0.4) is 0 Å². The summed E-state index contributed by atoms with van der Waals surface area (Å²) in [5, 5.41) is 2.22. The Labute approximate surface area is 392 Å². The van der Waals surface area contributed by atoms with E-state index >= 15 is 0 Å². The third-order valence-corrected chi connectivity index (χ3v) is 12.9. The Bertz CT molecular complexity index is 3130. The maximum absolute atomic E-state index is 6.84. The van der Waals surface area contributed by atoms with Crippen molar-refractivity contribution in [3.8, 4) is 17.3 Å². The number of fused-ring (bicyclic) bond motifs is 4. The molecule has 64 heavy (non-hydrogen) atoms. The van der Waals surface area contributed by atoms with E-state index < -0.39 is 0 Å². The van der Waals surface area contributed by atoms with Crippen molar-refractivity contribution >= 4 is 44.6 Å². The largest absolute Gasteiger partial charge is 0.509 e. The van der Waals surface area contributed by atoms with Crippen LogP contribution in [0.15, 0.2) is 176 Å². The number of rotatable bonds is 9. The first-order valence-corrected chi connectivity index (χ1v) is 21.8. The quantitative estimate of drug-likeness (QED) is 0.135. The van der Waals surface area contributed by atoms with Crippen molar-refractivity contribution in [1.82, 2.24) is 9.55 Å². The van der Waals surface area contributed by atoms with Crippen LogP contribution in [0.25, 0.3) is 27.6 Å². The fraction of sp³-hybridized carbons (Fsp3) is 0.172. The molecule has 7 aromatic carbocycles. The molecule has 2 aromatic heterocycles. The van der Waals surface area contributed by atoms with Gasteiger partial charge >= 0.3 is 0 Å². The van der Waals surface area contributed by atoms with E-state index in [1.807, 2.05) is 12.3 Å². The predicted molar refractivity (Wildman–Crippen MR) is 260 cm³/mol. The number of aromatic nitrogens is 2. The Balaban J connectivity index is 0.00000518. The molecule has 0 bridgehead atoms. The number of nitrogens with zero attached hydrogens (tertiary/aromatic N) is 4. The van der Waals surface area contributed by atoms with Crippen molar-refractivity contribution in [3.05, 3.63) is 223 Å². The topological polar surface area (TPSA) is 33.5 Å². The minimum atomic E-state index is -0.227. The van der Waals surface area contributed by atoms with E-state index in [4.69, 9.17) is 9.72 Å². The van der Waals surface area contributed by atoms with Gasteiger partial charge in [0.15, 0.2) is 0 Å². The molecule has 322 valence electrons. The van der Waals surface area contributed by atoms with Crippen molar-refractivity contribution < 1.29 is 25.8 Å². The Morgan fingerprint density at radius 2 is 1.11 bits per heavy atom. The second kappa shape index (κ2) is 16.6. The van der Waals surface area contributed by atoms with E-state index in [2.05, 4.69) is 245 Å². The summed E-state index contributed by atoms with van der Waals surface area (Å²) in [6.45, 7) is 18.0. The molecule has 9 aromatic rings. The van der Waals surface area contributed by atoms with Gasteiger partial charge in [-0.25, -0.2) is 4.98 Å². The summed E-state index contributed by atoms with van der Waals surface area (Å²) in [5.74, 6) is 2.06. The smallest absolute Gasteiger partial charge is 0.135 e. The Hall–Kier alpha value is -6.42. The second-order valence-corrected chi connectivity index (χ2v) is 18.7. The molecule has 6 heteroatoms. The second-order valence-electron chi connectivity index (χ2n) is 18.7. The van der Waals surface area contributed by atoms with Crippen LogP contribution in [0.2, 0.25) is 0 Å². The van der Waals surface area contributed by atoms with Crippen LogP contribution < -0.4 is 14.5 Å². The van der Waals surface area contributed by atoms with E-state index in [1.54, 1.807) is 0 Å². The molecule has 0 radical (unpaired) electrons. The summed E-state index contributed by atoms with van der Waals surface area (Å²) < 4.78 is 9.05. The van der Waals surface area contributed by atoms with Crippen molar-refractivity contribution in [2.75, 3.05) is 9.80 Å². The monoisotopic (exact) mass is 1010 g/mol. The molecule has 0 aliphatic carbocycles. The van der Waals surface area contributed by atoms with Crippen LogP contribution in [0, 0.1) is 18.8 Å². The van der Waals surface area contributed by atoms with Gasteiger partial charge in [-0.15, -0.1) is 53.6 Å². The van der Waals surface area contributed by atoms with Crippen LogP contribution in [0.5, 0.6) is 11.5 Å².